The van der Waals surface area contributed by atoms with Crippen LogP contribution in [0.3, 0.4) is 0 Å². The summed E-state index contributed by atoms with van der Waals surface area (Å²) >= 11 is 0. The van der Waals surface area contributed by atoms with Gasteiger partial charge in [-0.05, 0) is 25.2 Å². The normalized spacial score (nSPS) is 23.8. The topological polar surface area (TPSA) is 63.3 Å². The molecule has 1 aliphatic carbocycles. The van der Waals surface area contributed by atoms with Crippen molar-refractivity contribution >= 4 is 5.91 Å². The van der Waals surface area contributed by atoms with Crippen molar-refractivity contribution in [3.63, 3.8) is 0 Å². The lowest BCUT2D eigenvalue weighted by Gasteiger charge is -2.29. The standard InChI is InChI=1S/C9H17NO2/c1-2-9(12,8(10)11)7-5-3-4-6-7/h7,12H,2-6H2,1H3,(H2,10,11). The summed E-state index contributed by atoms with van der Waals surface area (Å²) in [7, 11) is 0. The first kappa shape index (κ1) is 9.52. The second-order valence-corrected chi connectivity index (χ2v) is 3.62. The maximum atomic E-state index is 11.0. The largest absolute Gasteiger partial charge is 0.380 e. The van der Waals surface area contributed by atoms with Gasteiger partial charge in [-0.1, -0.05) is 19.8 Å². The quantitative estimate of drug-likeness (QED) is 0.659. The predicted molar refractivity (Wildman–Crippen MR) is 46.4 cm³/mol. The van der Waals surface area contributed by atoms with E-state index in [4.69, 9.17) is 5.73 Å². The molecule has 3 N–H and O–H groups in total. The molecule has 0 aromatic rings. The highest BCUT2D eigenvalue weighted by Crippen LogP contribution is 2.35. The molecule has 1 aliphatic rings. The van der Waals surface area contributed by atoms with Crippen molar-refractivity contribution in [1.82, 2.24) is 0 Å². The van der Waals surface area contributed by atoms with Crippen molar-refractivity contribution in [1.29, 1.82) is 0 Å². The summed E-state index contributed by atoms with van der Waals surface area (Å²) in [6, 6.07) is 0. The molecule has 0 saturated heterocycles. The molecule has 0 spiro atoms. The molecule has 0 heterocycles. The van der Waals surface area contributed by atoms with E-state index in [0.717, 1.165) is 25.7 Å². The van der Waals surface area contributed by atoms with Gasteiger partial charge in [0.15, 0.2) is 0 Å². The average Bonchev–Trinajstić information content (AvgIpc) is 2.54. The van der Waals surface area contributed by atoms with Crippen LogP contribution in [0.15, 0.2) is 0 Å². The highest BCUT2D eigenvalue weighted by Gasteiger charge is 2.41. The van der Waals surface area contributed by atoms with Crippen LogP contribution in [0.5, 0.6) is 0 Å². The van der Waals surface area contributed by atoms with E-state index < -0.39 is 11.5 Å². The van der Waals surface area contributed by atoms with Gasteiger partial charge in [0.1, 0.15) is 5.60 Å². The fraction of sp³-hybridized carbons (Fsp3) is 0.889. The summed E-state index contributed by atoms with van der Waals surface area (Å²) < 4.78 is 0. The van der Waals surface area contributed by atoms with E-state index in [2.05, 4.69) is 0 Å². The summed E-state index contributed by atoms with van der Waals surface area (Å²) in [5.74, 6) is -0.461. The highest BCUT2D eigenvalue weighted by atomic mass is 16.3. The number of hydrogen-bond acceptors (Lipinski definition) is 2. The highest BCUT2D eigenvalue weighted by molar-refractivity contribution is 5.83. The molecule has 1 atom stereocenters. The van der Waals surface area contributed by atoms with E-state index in [1.54, 1.807) is 0 Å². The number of rotatable bonds is 3. The summed E-state index contributed by atoms with van der Waals surface area (Å²) in [6.45, 7) is 1.81. The number of carbonyl (C=O) groups is 1. The zero-order chi connectivity index (χ0) is 9.19. The van der Waals surface area contributed by atoms with Crippen molar-refractivity contribution in [3.8, 4) is 0 Å². The third kappa shape index (κ3) is 1.46. The minimum Gasteiger partial charge on any atom is -0.380 e. The van der Waals surface area contributed by atoms with Gasteiger partial charge in [-0.15, -0.1) is 0 Å². The number of primary amides is 1. The Morgan fingerprint density at radius 2 is 2.08 bits per heavy atom. The van der Waals surface area contributed by atoms with Crippen LogP contribution >= 0.6 is 0 Å². The van der Waals surface area contributed by atoms with Gasteiger partial charge in [-0.3, -0.25) is 4.79 Å². The Bertz CT molecular complexity index is 175. The molecule has 1 rings (SSSR count). The van der Waals surface area contributed by atoms with Crippen LogP contribution in [-0.4, -0.2) is 16.6 Å². The summed E-state index contributed by atoms with van der Waals surface area (Å²) in [5.41, 5.74) is 3.93. The van der Waals surface area contributed by atoms with Crippen LogP contribution in [0.2, 0.25) is 0 Å². The molecule has 0 aromatic heterocycles. The van der Waals surface area contributed by atoms with Gasteiger partial charge in [-0.2, -0.15) is 0 Å². The molecule has 1 amide bonds. The second-order valence-electron chi connectivity index (χ2n) is 3.62. The van der Waals surface area contributed by atoms with Crippen molar-refractivity contribution < 1.29 is 9.90 Å². The average molecular weight is 171 g/mol. The smallest absolute Gasteiger partial charge is 0.249 e. The van der Waals surface area contributed by atoms with E-state index in [1.807, 2.05) is 6.92 Å². The van der Waals surface area contributed by atoms with E-state index in [-0.39, 0.29) is 5.92 Å². The number of hydrogen-bond donors (Lipinski definition) is 2. The molecule has 1 unspecified atom stereocenters. The summed E-state index contributed by atoms with van der Waals surface area (Å²) in [5, 5.41) is 9.92. The van der Waals surface area contributed by atoms with Crippen LogP contribution in [-0.2, 0) is 4.79 Å². The fourth-order valence-corrected chi connectivity index (χ4v) is 2.07. The molecular weight excluding hydrogens is 154 g/mol. The first-order chi connectivity index (χ1) is 5.61. The molecule has 0 aromatic carbocycles. The molecule has 12 heavy (non-hydrogen) atoms. The van der Waals surface area contributed by atoms with E-state index >= 15 is 0 Å². The summed E-state index contributed by atoms with van der Waals surface area (Å²) in [6.07, 6.45) is 4.54. The Balaban J connectivity index is 2.70. The number of aliphatic hydroxyl groups is 1. The predicted octanol–water partition coefficient (Wildman–Crippen LogP) is 0.803. The maximum Gasteiger partial charge on any atom is 0.249 e. The summed E-state index contributed by atoms with van der Waals surface area (Å²) in [4.78, 5) is 11.0. The van der Waals surface area contributed by atoms with Gasteiger partial charge >= 0.3 is 0 Å². The first-order valence-corrected chi connectivity index (χ1v) is 4.63. The Kier molecular flexibility index (Phi) is 2.73. The third-order valence-corrected chi connectivity index (χ3v) is 3.00. The van der Waals surface area contributed by atoms with Crippen LogP contribution in [0, 0.1) is 5.92 Å². The lowest BCUT2D eigenvalue weighted by Crippen LogP contribution is -2.48. The Morgan fingerprint density at radius 1 is 1.58 bits per heavy atom. The molecule has 70 valence electrons. The van der Waals surface area contributed by atoms with Gasteiger partial charge in [0.05, 0.1) is 0 Å². The molecule has 3 heteroatoms. The number of amides is 1. The van der Waals surface area contributed by atoms with Gasteiger partial charge < -0.3 is 10.8 Å². The van der Waals surface area contributed by atoms with Gasteiger partial charge in [0.25, 0.3) is 0 Å². The Labute approximate surface area is 72.9 Å². The molecule has 1 saturated carbocycles. The van der Waals surface area contributed by atoms with Crippen LogP contribution in [0.25, 0.3) is 0 Å². The maximum absolute atomic E-state index is 11.0. The van der Waals surface area contributed by atoms with Crippen molar-refractivity contribution in [2.45, 2.75) is 44.6 Å². The molecule has 3 nitrogen and oxygen atoms in total. The molecule has 0 bridgehead atoms. The van der Waals surface area contributed by atoms with E-state index in [0.29, 0.717) is 6.42 Å². The fourth-order valence-electron chi connectivity index (χ4n) is 2.07. The van der Waals surface area contributed by atoms with Gasteiger partial charge in [-0.25, -0.2) is 0 Å². The lowest BCUT2D eigenvalue weighted by atomic mass is 9.83. The van der Waals surface area contributed by atoms with Crippen molar-refractivity contribution in [2.75, 3.05) is 0 Å². The zero-order valence-electron chi connectivity index (χ0n) is 7.55. The molecular formula is C9H17NO2. The van der Waals surface area contributed by atoms with Crippen LogP contribution < -0.4 is 5.73 Å². The van der Waals surface area contributed by atoms with E-state index in [9.17, 15) is 9.90 Å². The SMILES string of the molecule is CCC(O)(C(N)=O)C1CCCC1. The zero-order valence-corrected chi connectivity index (χ0v) is 7.55. The minimum absolute atomic E-state index is 0.0972. The van der Waals surface area contributed by atoms with Crippen LogP contribution in [0.1, 0.15) is 39.0 Å². The van der Waals surface area contributed by atoms with Crippen molar-refractivity contribution in [3.05, 3.63) is 0 Å². The second kappa shape index (κ2) is 3.44. The number of nitrogens with two attached hydrogens (primary N) is 1. The number of carbonyl (C=O) groups excluding carboxylic acids is 1. The van der Waals surface area contributed by atoms with Gasteiger partial charge in [0, 0.05) is 0 Å². The molecule has 0 radical (unpaired) electrons. The monoisotopic (exact) mass is 171 g/mol. The Morgan fingerprint density at radius 3 is 2.42 bits per heavy atom. The van der Waals surface area contributed by atoms with E-state index in [1.165, 1.54) is 0 Å². The first-order valence-electron chi connectivity index (χ1n) is 4.63. The lowest BCUT2D eigenvalue weighted by molar-refractivity contribution is -0.142. The third-order valence-electron chi connectivity index (χ3n) is 3.00. The molecule has 1 fully saturated rings. The van der Waals surface area contributed by atoms with Gasteiger partial charge in [0.2, 0.25) is 5.91 Å². The van der Waals surface area contributed by atoms with Crippen molar-refractivity contribution in [2.24, 2.45) is 11.7 Å². The molecule has 0 aliphatic heterocycles. The Hall–Kier alpha value is -0.570. The van der Waals surface area contributed by atoms with Crippen LogP contribution in [0.4, 0.5) is 0 Å². The minimum atomic E-state index is -1.24.